The predicted octanol–water partition coefficient (Wildman–Crippen LogP) is 3.70. The summed E-state index contributed by atoms with van der Waals surface area (Å²) in [5, 5.41) is 8.01. The van der Waals surface area contributed by atoms with Crippen molar-refractivity contribution in [2.75, 3.05) is 12.3 Å². The van der Waals surface area contributed by atoms with E-state index in [1.165, 1.54) is 12.8 Å². The van der Waals surface area contributed by atoms with Crippen LogP contribution in [-0.4, -0.2) is 18.0 Å². The summed E-state index contributed by atoms with van der Waals surface area (Å²) < 4.78 is 5.75. The second kappa shape index (κ2) is 8.17. The molecular formula is C18H24N4O. The molecule has 1 aliphatic carbocycles. The smallest absolute Gasteiger partial charge is 0.144 e. The second-order valence-corrected chi connectivity index (χ2v) is 5.52. The zero-order valence-corrected chi connectivity index (χ0v) is 13.5. The van der Waals surface area contributed by atoms with E-state index < -0.39 is 0 Å². The number of ether oxygens (including phenoxy) is 1. The Bertz CT molecular complexity index is 641. The Morgan fingerprint density at radius 2 is 1.78 bits per heavy atom. The second-order valence-electron chi connectivity index (χ2n) is 5.52. The summed E-state index contributed by atoms with van der Waals surface area (Å²) >= 11 is 0. The molecule has 0 heterocycles. The molecular weight excluding hydrogens is 288 g/mol. The zero-order chi connectivity index (χ0) is 16.7. The summed E-state index contributed by atoms with van der Waals surface area (Å²) in [7, 11) is 0. The van der Waals surface area contributed by atoms with Crippen LogP contribution in [0.4, 0.5) is 11.4 Å². The Balaban J connectivity index is 2.07. The van der Waals surface area contributed by atoms with Crippen LogP contribution in [0, 0.1) is 5.41 Å². The highest BCUT2D eigenvalue weighted by molar-refractivity contribution is 6.50. The largest absolute Gasteiger partial charge is 0.491 e. The third-order valence-corrected chi connectivity index (χ3v) is 3.53. The minimum atomic E-state index is 0.276. The topological polar surface area (TPSA) is 97.5 Å². The zero-order valence-electron chi connectivity index (χ0n) is 13.5. The van der Waals surface area contributed by atoms with Crippen LogP contribution in [-0.2, 0) is 4.74 Å². The SMILES string of the molecule is CCCCCCOC1=CC(=Nc2ccc(N)cc2)C(=N)C=C1N. The van der Waals surface area contributed by atoms with Crippen molar-refractivity contribution < 1.29 is 4.74 Å². The van der Waals surface area contributed by atoms with E-state index >= 15 is 0 Å². The van der Waals surface area contributed by atoms with Gasteiger partial charge >= 0.3 is 0 Å². The summed E-state index contributed by atoms with van der Waals surface area (Å²) in [4.78, 5) is 4.46. The number of unbranched alkanes of at least 4 members (excludes halogenated alkanes) is 3. The molecule has 0 saturated carbocycles. The molecule has 0 atom stereocenters. The van der Waals surface area contributed by atoms with E-state index in [1.807, 2.05) is 12.1 Å². The molecule has 0 bridgehead atoms. The summed E-state index contributed by atoms with van der Waals surface area (Å²) in [6.07, 6.45) is 7.86. The van der Waals surface area contributed by atoms with Crippen molar-refractivity contribution in [3.8, 4) is 0 Å². The van der Waals surface area contributed by atoms with E-state index in [9.17, 15) is 0 Å². The normalized spacial score (nSPS) is 16.2. The maximum Gasteiger partial charge on any atom is 0.144 e. The molecule has 122 valence electrons. The minimum Gasteiger partial charge on any atom is -0.491 e. The average molecular weight is 312 g/mol. The first-order chi connectivity index (χ1) is 11.1. The number of nitrogen functional groups attached to an aromatic ring is 1. The number of aliphatic imine (C=N–C) groups is 1. The van der Waals surface area contributed by atoms with Crippen LogP contribution in [0.1, 0.15) is 32.6 Å². The van der Waals surface area contributed by atoms with Crippen LogP contribution in [0.25, 0.3) is 0 Å². The highest BCUT2D eigenvalue weighted by Crippen LogP contribution is 2.19. The molecule has 2 rings (SSSR count). The lowest BCUT2D eigenvalue weighted by atomic mass is 10.1. The molecule has 0 spiro atoms. The van der Waals surface area contributed by atoms with Crippen LogP contribution in [0.3, 0.4) is 0 Å². The van der Waals surface area contributed by atoms with E-state index in [1.54, 1.807) is 24.3 Å². The lowest BCUT2D eigenvalue weighted by Gasteiger charge is -2.16. The van der Waals surface area contributed by atoms with Crippen molar-refractivity contribution in [2.45, 2.75) is 32.6 Å². The van der Waals surface area contributed by atoms with Gasteiger partial charge in [0.25, 0.3) is 0 Å². The monoisotopic (exact) mass is 312 g/mol. The van der Waals surface area contributed by atoms with E-state index in [0.717, 1.165) is 18.5 Å². The Hall–Kier alpha value is -2.56. The molecule has 0 unspecified atom stereocenters. The summed E-state index contributed by atoms with van der Waals surface area (Å²) in [5.41, 5.74) is 14.3. The van der Waals surface area contributed by atoms with Gasteiger partial charge in [-0.2, -0.15) is 0 Å². The summed E-state index contributed by atoms with van der Waals surface area (Å²) in [6, 6.07) is 7.20. The van der Waals surface area contributed by atoms with Gasteiger partial charge in [-0.3, -0.25) is 5.41 Å². The Labute approximate surface area is 137 Å². The standard InChI is InChI=1S/C18H24N4O/c1-2-3-4-5-10-23-18-12-17(15(20)11-16(18)21)22-14-8-6-13(19)7-9-14/h6-9,11-12,20H,2-5,10,19,21H2,1H3. The number of hydrogen-bond donors (Lipinski definition) is 3. The maximum absolute atomic E-state index is 8.01. The van der Waals surface area contributed by atoms with Crippen molar-refractivity contribution in [3.63, 3.8) is 0 Å². The maximum atomic E-state index is 8.01. The minimum absolute atomic E-state index is 0.276. The highest BCUT2D eigenvalue weighted by atomic mass is 16.5. The molecule has 0 amide bonds. The van der Waals surface area contributed by atoms with Crippen LogP contribution >= 0.6 is 0 Å². The number of rotatable bonds is 7. The Morgan fingerprint density at radius 1 is 1.04 bits per heavy atom. The van der Waals surface area contributed by atoms with Gasteiger partial charge in [0.1, 0.15) is 5.76 Å². The van der Waals surface area contributed by atoms with Crippen molar-refractivity contribution in [1.82, 2.24) is 0 Å². The van der Waals surface area contributed by atoms with Crippen LogP contribution in [0.15, 0.2) is 52.9 Å². The number of benzene rings is 1. The van der Waals surface area contributed by atoms with E-state index in [0.29, 0.717) is 29.5 Å². The quantitative estimate of drug-likeness (QED) is 0.407. The van der Waals surface area contributed by atoms with Crippen LogP contribution in [0.5, 0.6) is 0 Å². The van der Waals surface area contributed by atoms with Gasteiger partial charge < -0.3 is 16.2 Å². The molecule has 23 heavy (non-hydrogen) atoms. The van der Waals surface area contributed by atoms with Crippen molar-refractivity contribution >= 4 is 22.8 Å². The fourth-order valence-corrected chi connectivity index (χ4v) is 2.20. The Kier molecular flexibility index (Phi) is 5.97. The van der Waals surface area contributed by atoms with Gasteiger partial charge in [0, 0.05) is 11.8 Å². The number of allylic oxidation sites excluding steroid dienone is 2. The first-order valence-electron chi connectivity index (χ1n) is 7.95. The van der Waals surface area contributed by atoms with Gasteiger partial charge in [-0.1, -0.05) is 26.2 Å². The van der Waals surface area contributed by atoms with Gasteiger partial charge in [0.2, 0.25) is 0 Å². The predicted molar refractivity (Wildman–Crippen MR) is 96.1 cm³/mol. The van der Waals surface area contributed by atoms with E-state index in [-0.39, 0.29) is 5.71 Å². The van der Waals surface area contributed by atoms with E-state index in [4.69, 9.17) is 21.6 Å². The molecule has 5 N–H and O–H groups in total. The Morgan fingerprint density at radius 3 is 2.48 bits per heavy atom. The highest BCUT2D eigenvalue weighted by Gasteiger charge is 2.15. The average Bonchev–Trinajstić information content (AvgIpc) is 2.53. The number of nitrogens with two attached hydrogens (primary N) is 2. The summed E-state index contributed by atoms with van der Waals surface area (Å²) in [5.74, 6) is 0.590. The van der Waals surface area contributed by atoms with Crippen molar-refractivity contribution in [2.24, 2.45) is 10.7 Å². The van der Waals surface area contributed by atoms with Gasteiger partial charge in [-0.15, -0.1) is 0 Å². The molecule has 0 fully saturated rings. The molecule has 1 aromatic rings. The van der Waals surface area contributed by atoms with Crippen LogP contribution in [0.2, 0.25) is 0 Å². The third kappa shape index (κ3) is 4.98. The van der Waals surface area contributed by atoms with Crippen molar-refractivity contribution in [1.29, 1.82) is 5.41 Å². The van der Waals surface area contributed by atoms with Gasteiger partial charge in [-0.25, -0.2) is 4.99 Å². The molecule has 1 aliphatic rings. The van der Waals surface area contributed by atoms with E-state index in [2.05, 4.69) is 11.9 Å². The molecule has 5 nitrogen and oxygen atoms in total. The molecule has 0 aromatic heterocycles. The lowest BCUT2D eigenvalue weighted by molar-refractivity contribution is 0.212. The van der Waals surface area contributed by atoms with Crippen LogP contribution < -0.4 is 11.5 Å². The van der Waals surface area contributed by atoms with Gasteiger partial charge in [0.05, 0.1) is 29.4 Å². The number of nitrogens with one attached hydrogen (secondary N) is 1. The number of anilines is 1. The third-order valence-electron chi connectivity index (χ3n) is 3.53. The number of nitrogens with zero attached hydrogens (tertiary/aromatic N) is 1. The van der Waals surface area contributed by atoms with Crippen molar-refractivity contribution in [3.05, 3.63) is 47.9 Å². The molecule has 5 heteroatoms. The van der Waals surface area contributed by atoms with Gasteiger partial charge in [0.15, 0.2) is 0 Å². The first kappa shape index (κ1) is 16.8. The summed E-state index contributed by atoms with van der Waals surface area (Å²) in [6.45, 7) is 2.81. The molecule has 0 radical (unpaired) electrons. The molecule has 0 aliphatic heterocycles. The lowest BCUT2D eigenvalue weighted by Crippen LogP contribution is -2.20. The fraction of sp³-hybridized carbons (Fsp3) is 0.333. The molecule has 0 saturated heterocycles. The first-order valence-corrected chi connectivity index (χ1v) is 7.95. The number of hydrogen-bond acceptors (Lipinski definition) is 5. The van der Waals surface area contributed by atoms with Gasteiger partial charge in [-0.05, 0) is 36.8 Å². The fourth-order valence-electron chi connectivity index (χ4n) is 2.20. The molecule has 1 aromatic carbocycles.